The van der Waals surface area contributed by atoms with E-state index in [1.807, 2.05) is 12.1 Å². The van der Waals surface area contributed by atoms with E-state index < -0.39 is 0 Å². The lowest BCUT2D eigenvalue weighted by Gasteiger charge is -2.07. The van der Waals surface area contributed by atoms with Gasteiger partial charge in [-0.1, -0.05) is 41.7 Å². The Bertz CT molecular complexity index is 821. The van der Waals surface area contributed by atoms with E-state index in [0.29, 0.717) is 11.7 Å². The first-order chi connectivity index (χ1) is 10.3. The highest BCUT2D eigenvalue weighted by atomic mass is 32.1. The van der Waals surface area contributed by atoms with Gasteiger partial charge in [0.2, 0.25) is 0 Å². The molecule has 0 radical (unpaired) electrons. The zero-order valence-corrected chi connectivity index (χ0v) is 12.2. The largest absolute Gasteiger partial charge is 0.368 e. The zero-order chi connectivity index (χ0) is 14.2. The van der Waals surface area contributed by atoms with Crippen molar-refractivity contribution >= 4 is 43.4 Å². The lowest BCUT2D eigenvalue weighted by molar-refractivity contribution is -0.124. The molecule has 1 N–H and O–H groups in total. The van der Waals surface area contributed by atoms with Crippen molar-refractivity contribution in [3.05, 3.63) is 36.4 Å². The van der Waals surface area contributed by atoms with Gasteiger partial charge in [-0.15, -0.1) is 0 Å². The molecule has 1 saturated heterocycles. The summed E-state index contributed by atoms with van der Waals surface area (Å²) in [4.78, 5) is 16.7. The minimum absolute atomic E-state index is 0.0872. The zero-order valence-electron chi connectivity index (χ0n) is 11.3. The van der Waals surface area contributed by atoms with Crippen molar-refractivity contribution in [3.8, 4) is 0 Å². The van der Waals surface area contributed by atoms with E-state index in [1.54, 1.807) is 0 Å². The third-order valence-corrected chi connectivity index (χ3v) is 4.67. The molecule has 21 heavy (non-hydrogen) atoms. The third-order valence-electron chi connectivity index (χ3n) is 3.74. The molecule has 1 unspecified atom stereocenters. The number of hydrogen-bond acceptors (Lipinski definition) is 4. The molecule has 0 saturated carbocycles. The topological polar surface area (TPSA) is 51.2 Å². The number of carbonyl (C=O) groups is 1. The second-order valence-electron chi connectivity index (χ2n) is 5.14. The highest BCUT2D eigenvalue weighted by Crippen LogP contribution is 2.31. The molecule has 0 aliphatic carbocycles. The average Bonchev–Trinajstić information content (AvgIpc) is 3.16. The lowest BCUT2D eigenvalue weighted by Crippen LogP contribution is -2.26. The van der Waals surface area contributed by atoms with Crippen LogP contribution >= 0.6 is 11.3 Å². The normalized spacial score (nSPS) is 18.4. The molecular weight excluding hydrogens is 284 g/mol. The van der Waals surface area contributed by atoms with Crippen molar-refractivity contribution in [3.63, 3.8) is 0 Å². The summed E-state index contributed by atoms with van der Waals surface area (Å²) >= 11 is 1.50. The fourth-order valence-corrected chi connectivity index (χ4v) is 3.57. The van der Waals surface area contributed by atoms with E-state index in [0.717, 1.165) is 33.8 Å². The number of hydrogen-bond donors (Lipinski definition) is 1. The number of ether oxygens (including phenoxy) is 1. The first-order valence-electron chi connectivity index (χ1n) is 7.02. The number of amides is 1. The Morgan fingerprint density at radius 1 is 1.29 bits per heavy atom. The maximum Gasteiger partial charge on any atom is 0.255 e. The van der Waals surface area contributed by atoms with Crippen molar-refractivity contribution in [1.29, 1.82) is 0 Å². The maximum atomic E-state index is 12.1. The number of anilines is 1. The van der Waals surface area contributed by atoms with Crippen molar-refractivity contribution in [2.24, 2.45) is 0 Å². The van der Waals surface area contributed by atoms with Gasteiger partial charge in [0.1, 0.15) is 6.10 Å². The van der Waals surface area contributed by atoms with Gasteiger partial charge < -0.3 is 4.74 Å². The highest BCUT2D eigenvalue weighted by Gasteiger charge is 2.24. The van der Waals surface area contributed by atoms with Crippen LogP contribution in [0.15, 0.2) is 36.4 Å². The molecule has 3 aromatic rings. The summed E-state index contributed by atoms with van der Waals surface area (Å²) in [7, 11) is 0. The summed E-state index contributed by atoms with van der Waals surface area (Å²) in [5.74, 6) is -0.0872. The van der Waals surface area contributed by atoms with Gasteiger partial charge in [0, 0.05) is 12.0 Å². The van der Waals surface area contributed by atoms with Crippen molar-refractivity contribution in [1.82, 2.24) is 4.98 Å². The molecule has 1 amide bonds. The Balaban J connectivity index is 1.70. The Morgan fingerprint density at radius 2 is 2.19 bits per heavy atom. The second kappa shape index (κ2) is 5.09. The quantitative estimate of drug-likeness (QED) is 0.787. The third kappa shape index (κ3) is 2.28. The molecule has 2 heterocycles. The van der Waals surface area contributed by atoms with Crippen LogP contribution in [0.25, 0.3) is 21.0 Å². The van der Waals surface area contributed by atoms with Gasteiger partial charge in [-0.05, 0) is 24.3 Å². The fourth-order valence-electron chi connectivity index (χ4n) is 2.69. The van der Waals surface area contributed by atoms with E-state index in [4.69, 9.17) is 4.74 Å². The number of nitrogens with zero attached hydrogens (tertiary/aromatic N) is 1. The van der Waals surface area contributed by atoms with E-state index in [-0.39, 0.29) is 12.0 Å². The van der Waals surface area contributed by atoms with Gasteiger partial charge in [0.05, 0.1) is 10.2 Å². The van der Waals surface area contributed by atoms with Crippen LogP contribution in [0.2, 0.25) is 0 Å². The molecule has 0 bridgehead atoms. The van der Waals surface area contributed by atoms with Gasteiger partial charge in [-0.3, -0.25) is 10.1 Å². The second-order valence-corrected chi connectivity index (χ2v) is 6.17. The van der Waals surface area contributed by atoms with Crippen molar-refractivity contribution < 1.29 is 9.53 Å². The molecule has 1 aliphatic heterocycles. The minimum Gasteiger partial charge on any atom is -0.368 e. The summed E-state index contributed by atoms with van der Waals surface area (Å²) in [5, 5.41) is 5.80. The van der Waals surface area contributed by atoms with Crippen LogP contribution in [0, 0.1) is 0 Å². The highest BCUT2D eigenvalue weighted by molar-refractivity contribution is 7.22. The first-order valence-corrected chi connectivity index (χ1v) is 7.84. The molecule has 1 aliphatic rings. The first kappa shape index (κ1) is 12.7. The Kier molecular flexibility index (Phi) is 3.09. The van der Waals surface area contributed by atoms with Gasteiger partial charge in [0.15, 0.2) is 5.13 Å². The molecule has 1 aromatic heterocycles. The lowest BCUT2D eigenvalue weighted by atomic mass is 10.1. The molecule has 4 rings (SSSR count). The van der Waals surface area contributed by atoms with Gasteiger partial charge in [-0.2, -0.15) is 0 Å². The smallest absolute Gasteiger partial charge is 0.255 e. The SMILES string of the molecule is O=C(Nc1nc2c(ccc3ccccc32)s1)C1CCCO1. The molecule has 1 atom stereocenters. The van der Waals surface area contributed by atoms with Crippen LogP contribution < -0.4 is 5.32 Å². The van der Waals surface area contributed by atoms with Crippen molar-refractivity contribution in [2.75, 3.05) is 11.9 Å². The summed E-state index contributed by atoms with van der Waals surface area (Å²) in [6.07, 6.45) is 1.41. The molecule has 2 aromatic carbocycles. The fraction of sp³-hybridized carbons (Fsp3) is 0.250. The number of benzene rings is 2. The molecule has 0 spiro atoms. The van der Waals surface area contributed by atoms with Crippen LogP contribution in [0.3, 0.4) is 0 Å². The Labute approximate surface area is 125 Å². The summed E-state index contributed by atoms with van der Waals surface area (Å²) in [6, 6.07) is 12.3. The van der Waals surface area contributed by atoms with Gasteiger partial charge >= 0.3 is 0 Å². The van der Waals surface area contributed by atoms with Crippen LogP contribution in [0.5, 0.6) is 0 Å². The van der Waals surface area contributed by atoms with Crippen LogP contribution in [0.4, 0.5) is 5.13 Å². The number of thiazole rings is 1. The Hall–Kier alpha value is -1.98. The van der Waals surface area contributed by atoms with E-state index in [1.165, 1.54) is 11.3 Å². The average molecular weight is 298 g/mol. The number of nitrogens with one attached hydrogen (secondary N) is 1. The summed E-state index contributed by atoms with van der Waals surface area (Å²) in [6.45, 7) is 0.669. The van der Waals surface area contributed by atoms with Crippen LogP contribution in [-0.4, -0.2) is 23.6 Å². The number of rotatable bonds is 2. The van der Waals surface area contributed by atoms with E-state index in [2.05, 4.69) is 34.6 Å². The molecule has 4 nitrogen and oxygen atoms in total. The van der Waals surface area contributed by atoms with Crippen molar-refractivity contribution in [2.45, 2.75) is 18.9 Å². The molecule has 5 heteroatoms. The minimum atomic E-state index is -0.325. The summed E-state index contributed by atoms with van der Waals surface area (Å²) in [5.41, 5.74) is 0.945. The Morgan fingerprint density at radius 3 is 3.05 bits per heavy atom. The maximum absolute atomic E-state index is 12.1. The monoisotopic (exact) mass is 298 g/mol. The number of carbonyl (C=O) groups excluding carboxylic acids is 1. The number of fused-ring (bicyclic) bond motifs is 3. The van der Waals surface area contributed by atoms with Gasteiger partial charge in [-0.25, -0.2) is 4.98 Å². The predicted octanol–water partition coefficient (Wildman–Crippen LogP) is 3.57. The van der Waals surface area contributed by atoms with Crippen LogP contribution in [0.1, 0.15) is 12.8 Å². The molecule has 106 valence electrons. The standard InChI is InChI=1S/C16H14N2O2S/c19-15(12-6-3-9-20-12)18-16-17-14-11-5-2-1-4-10(11)7-8-13(14)21-16/h1-2,4-5,7-8,12H,3,6,9H2,(H,17,18,19). The molecular formula is C16H14N2O2S. The predicted molar refractivity (Wildman–Crippen MR) is 84.7 cm³/mol. The summed E-state index contributed by atoms with van der Waals surface area (Å²) < 4.78 is 6.48. The van der Waals surface area contributed by atoms with E-state index in [9.17, 15) is 4.79 Å². The van der Waals surface area contributed by atoms with Crippen LogP contribution in [-0.2, 0) is 9.53 Å². The number of aromatic nitrogens is 1. The van der Waals surface area contributed by atoms with E-state index >= 15 is 0 Å². The molecule has 1 fully saturated rings. The van der Waals surface area contributed by atoms with Gasteiger partial charge in [0.25, 0.3) is 5.91 Å².